The molecule has 0 saturated heterocycles. The van der Waals surface area contributed by atoms with Crippen molar-refractivity contribution < 1.29 is 22.8 Å². The van der Waals surface area contributed by atoms with Crippen molar-refractivity contribution in [2.75, 3.05) is 13.1 Å². The van der Waals surface area contributed by atoms with E-state index in [9.17, 15) is 22.8 Å². The first kappa shape index (κ1) is 22.3. The fraction of sp³-hybridized carbons (Fsp3) is 0.476. The second-order valence-corrected chi connectivity index (χ2v) is 8.39. The summed E-state index contributed by atoms with van der Waals surface area (Å²) in [5.74, 6) is -0.193. The van der Waals surface area contributed by atoms with E-state index in [2.05, 4.69) is 15.6 Å². The summed E-state index contributed by atoms with van der Waals surface area (Å²) in [4.78, 5) is 29.3. The number of carbonyl (C=O) groups is 2. The average molecular weight is 440 g/mol. The van der Waals surface area contributed by atoms with Gasteiger partial charge in [-0.1, -0.05) is 31.4 Å². The highest BCUT2D eigenvalue weighted by atomic mass is 32.1. The predicted octanol–water partition coefficient (Wildman–Crippen LogP) is 4.56. The molecule has 2 amide bonds. The highest BCUT2D eigenvalue weighted by molar-refractivity contribution is 7.17. The third kappa shape index (κ3) is 5.59. The van der Waals surface area contributed by atoms with Gasteiger partial charge in [-0.2, -0.15) is 13.2 Å². The van der Waals surface area contributed by atoms with Gasteiger partial charge in [-0.3, -0.25) is 9.59 Å². The Morgan fingerprint density at radius 1 is 1.07 bits per heavy atom. The molecule has 1 aromatic heterocycles. The van der Waals surface area contributed by atoms with Crippen LogP contribution in [-0.4, -0.2) is 29.9 Å². The Hall–Kier alpha value is -2.42. The number of nitrogens with zero attached hydrogens (tertiary/aromatic N) is 1. The molecule has 5 nitrogen and oxygen atoms in total. The summed E-state index contributed by atoms with van der Waals surface area (Å²) >= 11 is 1.13. The lowest BCUT2D eigenvalue weighted by Crippen LogP contribution is -2.38. The largest absolute Gasteiger partial charge is 0.416 e. The minimum atomic E-state index is -4.39. The van der Waals surface area contributed by atoms with Crippen LogP contribution in [0.2, 0.25) is 0 Å². The molecule has 1 heterocycles. The van der Waals surface area contributed by atoms with Gasteiger partial charge in [-0.25, -0.2) is 4.98 Å². The first-order valence-corrected chi connectivity index (χ1v) is 10.8. The lowest BCUT2D eigenvalue weighted by Gasteiger charge is -2.20. The van der Waals surface area contributed by atoms with Crippen molar-refractivity contribution in [2.24, 2.45) is 5.92 Å². The molecule has 0 spiro atoms. The van der Waals surface area contributed by atoms with Gasteiger partial charge < -0.3 is 10.6 Å². The van der Waals surface area contributed by atoms with Crippen LogP contribution in [0.1, 0.15) is 53.0 Å². The molecule has 0 aliphatic heterocycles. The van der Waals surface area contributed by atoms with Crippen molar-refractivity contribution in [2.45, 2.75) is 45.2 Å². The van der Waals surface area contributed by atoms with Crippen LogP contribution in [0.4, 0.5) is 13.2 Å². The third-order valence-electron chi connectivity index (χ3n) is 5.15. The molecule has 1 aliphatic rings. The molecule has 1 saturated carbocycles. The van der Waals surface area contributed by atoms with Crippen molar-refractivity contribution >= 4 is 23.2 Å². The lowest BCUT2D eigenvalue weighted by atomic mass is 9.89. The predicted molar refractivity (Wildman–Crippen MR) is 109 cm³/mol. The van der Waals surface area contributed by atoms with E-state index in [1.165, 1.54) is 18.6 Å². The van der Waals surface area contributed by atoms with Gasteiger partial charge in [-0.05, 0) is 31.9 Å². The molecule has 1 aromatic carbocycles. The van der Waals surface area contributed by atoms with Crippen LogP contribution in [0.15, 0.2) is 24.3 Å². The van der Waals surface area contributed by atoms with Crippen LogP contribution in [-0.2, 0) is 11.0 Å². The molecule has 1 fully saturated rings. The second kappa shape index (κ2) is 9.59. The topological polar surface area (TPSA) is 71.1 Å². The number of hydrogen-bond acceptors (Lipinski definition) is 4. The normalized spacial score (nSPS) is 15.1. The summed E-state index contributed by atoms with van der Waals surface area (Å²) in [5, 5.41) is 6.11. The molecule has 1 aliphatic carbocycles. The molecule has 0 bridgehead atoms. The van der Waals surface area contributed by atoms with E-state index < -0.39 is 11.7 Å². The molecule has 162 valence electrons. The number of aryl methyl sites for hydroxylation is 1. The van der Waals surface area contributed by atoms with E-state index in [1.807, 2.05) is 0 Å². The van der Waals surface area contributed by atoms with E-state index >= 15 is 0 Å². The van der Waals surface area contributed by atoms with Gasteiger partial charge in [0.25, 0.3) is 5.91 Å². The lowest BCUT2D eigenvalue weighted by molar-refractivity contribution is -0.137. The highest BCUT2D eigenvalue weighted by Gasteiger charge is 2.30. The first-order valence-electron chi connectivity index (χ1n) is 9.96. The van der Waals surface area contributed by atoms with Gasteiger partial charge in [0.05, 0.1) is 11.3 Å². The van der Waals surface area contributed by atoms with Gasteiger partial charge in [0, 0.05) is 24.6 Å². The van der Waals surface area contributed by atoms with E-state index in [4.69, 9.17) is 0 Å². The zero-order chi connectivity index (χ0) is 21.7. The summed E-state index contributed by atoms with van der Waals surface area (Å²) in [6.07, 6.45) is 0.800. The maximum Gasteiger partial charge on any atom is 0.416 e. The zero-order valence-corrected chi connectivity index (χ0v) is 17.5. The number of carbonyl (C=O) groups excluding carboxylic acids is 2. The standard InChI is InChI=1S/C21H24F3N3O2S/c1-13-17(19(29)26-12-11-25-18(28)14-5-3-2-4-6-14)30-20(27-13)15-7-9-16(10-8-15)21(22,23)24/h7-10,14H,2-6,11-12H2,1H3,(H,25,28)(H,26,29). The Kier molecular flexibility index (Phi) is 7.12. The fourth-order valence-electron chi connectivity index (χ4n) is 3.48. The van der Waals surface area contributed by atoms with Gasteiger partial charge in [0.2, 0.25) is 5.91 Å². The third-order valence-corrected chi connectivity index (χ3v) is 6.35. The number of thiazole rings is 1. The summed E-state index contributed by atoms with van der Waals surface area (Å²) in [5.41, 5.74) is 0.307. The summed E-state index contributed by atoms with van der Waals surface area (Å²) in [7, 11) is 0. The molecule has 2 N–H and O–H groups in total. The molecule has 0 atom stereocenters. The summed E-state index contributed by atoms with van der Waals surface area (Å²) in [6, 6.07) is 4.70. The Labute approximate surface area is 177 Å². The monoisotopic (exact) mass is 439 g/mol. The van der Waals surface area contributed by atoms with Crippen molar-refractivity contribution in [1.82, 2.24) is 15.6 Å². The fourth-order valence-corrected chi connectivity index (χ4v) is 4.47. The summed E-state index contributed by atoms with van der Waals surface area (Å²) in [6.45, 7) is 2.33. The number of rotatable bonds is 6. The van der Waals surface area contributed by atoms with Gasteiger partial charge in [-0.15, -0.1) is 11.3 Å². The minimum absolute atomic E-state index is 0.0440. The Balaban J connectivity index is 1.53. The number of nitrogens with one attached hydrogen (secondary N) is 2. The zero-order valence-electron chi connectivity index (χ0n) is 16.6. The highest BCUT2D eigenvalue weighted by Crippen LogP contribution is 2.33. The summed E-state index contributed by atoms with van der Waals surface area (Å²) < 4.78 is 38.1. The number of amides is 2. The Bertz CT molecular complexity index is 888. The van der Waals surface area contributed by atoms with Gasteiger partial charge >= 0.3 is 6.18 Å². The Morgan fingerprint density at radius 2 is 1.70 bits per heavy atom. The molecule has 30 heavy (non-hydrogen) atoms. The number of hydrogen-bond donors (Lipinski definition) is 2. The number of halogens is 3. The number of benzene rings is 1. The first-order chi connectivity index (χ1) is 14.3. The molecular formula is C21H24F3N3O2S. The van der Waals surface area contributed by atoms with E-state index in [0.29, 0.717) is 34.2 Å². The van der Waals surface area contributed by atoms with Crippen LogP contribution < -0.4 is 10.6 Å². The molecule has 2 aromatic rings. The number of alkyl halides is 3. The second-order valence-electron chi connectivity index (χ2n) is 7.39. The maximum absolute atomic E-state index is 12.7. The van der Waals surface area contributed by atoms with Gasteiger partial charge in [0.1, 0.15) is 9.88 Å². The van der Waals surface area contributed by atoms with E-state index in [1.54, 1.807) is 6.92 Å². The molecule has 9 heteroatoms. The van der Waals surface area contributed by atoms with Crippen LogP contribution in [0.25, 0.3) is 10.6 Å². The van der Waals surface area contributed by atoms with Crippen LogP contribution in [0.3, 0.4) is 0 Å². The number of aromatic nitrogens is 1. The van der Waals surface area contributed by atoms with Crippen molar-refractivity contribution in [3.05, 3.63) is 40.4 Å². The SMILES string of the molecule is Cc1nc(-c2ccc(C(F)(F)F)cc2)sc1C(=O)NCCNC(=O)C1CCCCC1. The molecule has 0 unspecified atom stereocenters. The Morgan fingerprint density at radius 3 is 2.33 bits per heavy atom. The van der Waals surface area contributed by atoms with Gasteiger partial charge in [0.15, 0.2) is 0 Å². The molecular weight excluding hydrogens is 415 g/mol. The van der Waals surface area contributed by atoms with Crippen LogP contribution in [0, 0.1) is 12.8 Å². The van der Waals surface area contributed by atoms with Crippen molar-refractivity contribution in [1.29, 1.82) is 0 Å². The average Bonchev–Trinajstić information content (AvgIpc) is 3.12. The van der Waals surface area contributed by atoms with Crippen molar-refractivity contribution in [3.8, 4) is 10.6 Å². The van der Waals surface area contributed by atoms with E-state index in [0.717, 1.165) is 49.2 Å². The molecule has 0 radical (unpaired) electrons. The minimum Gasteiger partial charge on any atom is -0.354 e. The molecule has 3 rings (SSSR count). The maximum atomic E-state index is 12.7. The smallest absolute Gasteiger partial charge is 0.354 e. The van der Waals surface area contributed by atoms with Crippen molar-refractivity contribution in [3.63, 3.8) is 0 Å². The van der Waals surface area contributed by atoms with Crippen LogP contribution >= 0.6 is 11.3 Å². The quantitative estimate of drug-likeness (QED) is 0.648. The van der Waals surface area contributed by atoms with Crippen LogP contribution in [0.5, 0.6) is 0 Å². The van der Waals surface area contributed by atoms with E-state index in [-0.39, 0.29) is 17.7 Å².